The number of hydrogen-bond acceptors (Lipinski definition) is 5. The van der Waals surface area contributed by atoms with E-state index in [2.05, 4.69) is 5.32 Å². The van der Waals surface area contributed by atoms with Gasteiger partial charge in [-0.15, -0.1) is 0 Å². The first-order valence-electron chi connectivity index (χ1n) is 7.22. The summed E-state index contributed by atoms with van der Waals surface area (Å²) in [6, 6.07) is 6.31. The van der Waals surface area contributed by atoms with Crippen molar-refractivity contribution in [3.63, 3.8) is 0 Å². The maximum Gasteiger partial charge on any atom is 0.407 e. The first-order chi connectivity index (χ1) is 10.6. The lowest BCUT2D eigenvalue weighted by Gasteiger charge is -2.22. The topological polar surface area (TPSA) is 116 Å². The van der Waals surface area contributed by atoms with Crippen LogP contribution in [0.15, 0.2) is 24.3 Å². The summed E-state index contributed by atoms with van der Waals surface area (Å²) in [4.78, 5) is 22.2. The molecule has 0 saturated carbocycles. The molecule has 1 aromatic rings. The molecular weight excluding hydrogens is 302 g/mol. The van der Waals surface area contributed by atoms with E-state index in [-0.39, 0.29) is 13.0 Å². The highest BCUT2D eigenvalue weighted by Crippen LogP contribution is 2.18. The maximum atomic E-state index is 11.5. The van der Waals surface area contributed by atoms with E-state index in [1.165, 1.54) is 6.07 Å². The van der Waals surface area contributed by atoms with Crippen molar-refractivity contribution < 1.29 is 29.6 Å². The minimum atomic E-state index is -1.25. The number of carbonyl (C=O) groups is 2. The van der Waals surface area contributed by atoms with Gasteiger partial charge < -0.3 is 25.4 Å². The van der Waals surface area contributed by atoms with Crippen molar-refractivity contribution >= 4 is 12.1 Å². The summed E-state index contributed by atoms with van der Waals surface area (Å²) < 4.78 is 5.03. The number of ether oxygens (including phenoxy) is 1. The number of carboxylic acids is 1. The molecule has 0 aliphatic rings. The molecule has 0 heterocycles. The second-order valence-electron chi connectivity index (χ2n) is 6.21. The smallest absolute Gasteiger partial charge is 0.407 e. The van der Waals surface area contributed by atoms with E-state index in [4.69, 9.17) is 9.84 Å². The number of carboxylic acid groups (broad SMARTS) is 1. The number of carbonyl (C=O) groups excluding carboxylic acids is 1. The molecule has 0 aliphatic carbocycles. The van der Waals surface area contributed by atoms with Gasteiger partial charge in [-0.05, 0) is 31.9 Å². The van der Waals surface area contributed by atoms with Crippen LogP contribution in [0.4, 0.5) is 4.79 Å². The first kappa shape index (κ1) is 18.9. The standard InChI is InChI=1S/C16H23NO6/c1-16(2,3)23-15(22)17-9-12(18)14(21)11-6-4-5-10(7-11)8-13(19)20/h4-7,12,14,18,21H,8-9H2,1-3H3,(H,17,22)(H,19,20). The van der Waals surface area contributed by atoms with Crippen LogP contribution in [0.1, 0.15) is 38.0 Å². The molecule has 1 aromatic carbocycles. The molecule has 7 nitrogen and oxygen atoms in total. The van der Waals surface area contributed by atoms with Crippen molar-refractivity contribution in [1.29, 1.82) is 0 Å². The Hall–Kier alpha value is -2.12. The maximum absolute atomic E-state index is 11.5. The van der Waals surface area contributed by atoms with Crippen molar-refractivity contribution in [3.05, 3.63) is 35.4 Å². The highest BCUT2D eigenvalue weighted by atomic mass is 16.6. The number of aliphatic hydroxyl groups is 2. The Balaban J connectivity index is 2.61. The summed E-state index contributed by atoms with van der Waals surface area (Å²) in [7, 11) is 0. The second kappa shape index (κ2) is 7.94. The Morgan fingerprint density at radius 3 is 2.48 bits per heavy atom. The van der Waals surface area contributed by atoms with Gasteiger partial charge >= 0.3 is 12.1 Å². The molecule has 0 radical (unpaired) electrons. The molecule has 0 bridgehead atoms. The lowest BCUT2D eigenvalue weighted by Crippen LogP contribution is -2.38. The van der Waals surface area contributed by atoms with E-state index in [1.807, 2.05) is 0 Å². The fourth-order valence-corrected chi connectivity index (χ4v) is 1.90. The summed E-state index contributed by atoms with van der Waals surface area (Å²) in [5.41, 5.74) is 0.238. The molecule has 0 fully saturated rings. The number of benzene rings is 1. The molecule has 1 amide bonds. The number of aliphatic carboxylic acids is 1. The third-order valence-electron chi connectivity index (χ3n) is 2.87. The fraction of sp³-hybridized carbons (Fsp3) is 0.500. The number of hydrogen-bond donors (Lipinski definition) is 4. The number of nitrogens with one attached hydrogen (secondary N) is 1. The lowest BCUT2D eigenvalue weighted by atomic mass is 10.0. The minimum absolute atomic E-state index is 0.174. The van der Waals surface area contributed by atoms with Crippen LogP contribution in [-0.2, 0) is 16.0 Å². The van der Waals surface area contributed by atoms with Gasteiger partial charge in [-0.2, -0.15) is 0 Å². The van der Waals surface area contributed by atoms with E-state index in [0.717, 1.165) is 0 Å². The van der Waals surface area contributed by atoms with Crippen LogP contribution in [0.25, 0.3) is 0 Å². The van der Waals surface area contributed by atoms with Crippen molar-refractivity contribution in [1.82, 2.24) is 5.32 Å². The molecule has 0 saturated heterocycles. The van der Waals surface area contributed by atoms with Crippen molar-refractivity contribution in [2.24, 2.45) is 0 Å². The molecule has 1 rings (SSSR count). The van der Waals surface area contributed by atoms with Gasteiger partial charge in [0.25, 0.3) is 0 Å². The average molecular weight is 325 g/mol. The van der Waals surface area contributed by atoms with Crippen molar-refractivity contribution in [2.45, 2.75) is 45.0 Å². The fourth-order valence-electron chi connectivity index (χ4n) is 1.90. The van der Waals surface area contributed by atoms with Crippen LogP contribution < -0.4 is 5.32 Å². The molecule has 23 heavy (non-hydrogen) atoms. The number of aliphatic hydroxyl groups excluding tert-OH is 2. The zero-order chi connectivity index (χ0) is 17.6. The van der Waals surface area contributed by atoms with Crippen LogP contribution in [0.5, 0.6) is 0 Å². The molecule has 0 aliphatic heterocycles. The van der Waals surface area contributed by atoms with Gasteiger partial charge in [-0.3, -0.25) is 4.79 Å². The monoisotopic (exact) mass is 325 g/mol. The lowest BCUT2D eigenvalue weighted by molar-refractivity contribution is -0.136. The Labute approximate surface area is 134 Å². The van der Waals surface area contributed by atoms with Crippen LogP contribution in [-0.4, -0.2) is 45.6 Å². The van der Waals surface area contributed by atoms with E-state index in [1.54, 1.807) is 39.0 Å². The molecule has 7 heteroatoms. The summed E-state index contributed by atoms with van der Waals surface area (Å²) in [6.45, 7) is 4.95. The van der Waals surface area contributed by atoms with Gasteiger partial charge in [0.15, 0.2) is 0 Å². The largest absolute Gasteiger partial charge is 0.481 e. The van der Waals surface area contributed by atoms with Crippen LogP contribution in [0.3, 0.4) is 0 Å². The second-order valence-corrected chi connectivity index (χ2v) is 6.21. The minimum Gasteiger partial charge on any atom is -0.481 e. The van der Waals surface area contributed by atoms with Crippen molar-refractivity contribution in [3.8, 4) is 0 Å². The molecule has 0 spiro atoms. The van der Waals surface area contributed by atoms with Gasteiger partial charge in [0, 0.05) is 6.54 Å². The van der Waals surface area contributed by atoms with E-state index in [9.17, 15) is 19.8 Å². The van der Waals surface area contributed by atoms with Gasteiger partial charge in [0.1, 0.15) is 17.8 Å². The SMILES string of the molecule is CC(C)(C)OC(=O)NCC(O)C(O)c1cccc(CC(=O)O)c1. The zero-order valence-electron chi connectivity index (χ0n) is 13.4. The Kier molecular flexibility index (Phi) is 6.53. The van der Waals surface area contributed by atoms with Crippen LogP contribution in [0.2, 0.25) is 0 Å². The summed E-state index contributed by atoms with van der Waals surface area (Å²) in [5.74, 6) is -0.983. The molecular formula is C16H23NO6. The molecule has 2 unspecified atom stereocenters. The van der Waals surface area contributed by atoms with Crippen molar-refractivity contribution in [2.75, 3.05) is 6.54 Å². The normalized spacial score (nSPS) is 14.0. The number of rotatable bonds is 6. The first-order valence-corrected chi connectivity index (χ1v) is 7.22. The molecule has 4 N–H and O–H groups in total. The highest BCUT2D eigenvalue weighted by Gasteiger charge is 2.21. The van der Waals surface area contributed by atoms with E-state index < -0.39 is 29.9 Å². The Morgan fingerprint density at radius 2 is 1.91 bits per heavy atom. The van der Waals surface area contributed by atoms with Gasteiger partial charge in [-0.25, -0.2) is 4.79 Å². The molecule has 128 valence electrons. The highest BCUT2D eigenvalue weighted by molar-refractivity contribution is 5.70. The predicted octanol–water partition coefficient (Wildman–Crippen LogP) is 1.23. The number of amides is 1. The van der Waals surface area contributed by atoms with Crippen LogP contribution >= 0.6 is 0 Å². The molecule has 2 atom stereocenters. The number of alkyl carbamates (subject to hydrolysis) is 1. The van der Waals surface area contributed by atoms with E-state index in [0.29, 0.717) is 11.1 Å². The average Bonchev–Trinajstić information content (AvgIpc) is 2.41. The quantitative estimate of drug-likeness (QED) is 0.625. The third kappa shape index (κ3) is 7.12. The Morgan fingerprint density at radius 1 is 1.26 bits per heavy atom. The molecule has 0 aromatic heterocycles. The van der Waals surface area contributed by atoms with Gasteiger partial charge in [-0.1, -0.05) is 24.3 Å². The van der Waals surface area contributed by atoms with Gasteiger partial charge in [0.2, 0.25) is 0 Å². The summed E-state index contributed by atoms with van der Waals surface area (Å²) >= 11 is 0. The van der Waals surface area contributed by atoms with Crippen LogP contribution in [0, 0.1) is 0 Å². The predicted molar refractivity (Wildman–Crippen MR) is 83.0 cm³/mol. The zero-order valence-corrected chi connectivity index (χ0v) is 13.4. The Bertz CT molecular complexity index is 552. The summed E-state index contributed by atoms with van der Waals surface area (Å²) in [6.07, 6.45) is -3.36. The van der Waals surface area contributed by atoms with Gasteiger partial charge in [0.05, 0.1) is 6.42 Å². The third-order valence-corrected chi connectivity index (χ3v) is 2.87. The summed E-state index contributed by atoms with van der Waals surface area (Å²) in [5, 5.41) is 31.2. The van der Waals surface area contributed by atoms with E-state index >= 15 is 0 Å².